The summed E-state index contributed by atoms with van der Waals surface area (Å²) in [5.41, 5.74) is -1.00. The first kappa shape index (κ1) is 18.1. The fraction of sp³-hybridized carbons (Fsp3) is 0.545. The monoisotopic (exact) mass is 280 g/mol. The molecule has 0 aromatic heterocycles. The van der Waals surface area contributed by atoms with Crippen LogP contribution in [0.1, 0.15) is 6.42 Å². The summed E-state index contributed by atoms with van der Waals surface area (Å²) in [5.74, 6) is -1.64. The van der Waals surface area contributed by atoms with Gasteiger partial charge in [0.1, 0.15) is 12.4 Å². The number of aliphatic imine (C=N–C) groups is 1. The molecule has 1 aliphatic heterocycles. The fourth-order valence-corrected chi connectivity index (χ4v) is 1.75. The average Bonchev–Trinajstić information content (AvgIpc) is 2.80. The van der Waals surface area contributed by atoms with E-state index in [1.54, 1.807) is 0 Å². The molecule has 19 heavy (non-hydrogen) atoms. The van der Waals surface area contributed by atoms with Crippen LogP contribution in [0.25, 0.3) is 0 Å². The minimum atomic E-state index is -1.11. The van der Waals surface area contributed by atoms with Crippen molar-refractivity contribution in [2.24, 2.45) is 10.4 Å². The number of nitrogens with one attached hydrogen (secondary N) is 1. The molecule has 0 fully saturated rings. The molecule has 0 spiro atoms. The van der Waals surface area contributed by atoms with Gasteiger partial charge in [0.25, 0.3) is 0 Å². The van der Waals surface area contributed by atoms with E-state index in [9.17, 15) is 9.59 Å². The third-order valence-corrected chi connectivity index (χ3v) is 2.59. The van der Waals surface area contributed by atoms with E-state index in [2.05, 4.69) is 16.9 Å². The molecule has 0 saturated carbocycles. The van der Waals surface area contributed by atoms with Gasteiger partial charge in [0, 0.05) is 6.54 Å². The summed E-state index contributed by atoms with van der Waals surface area (Å²) in [6.45, 7) is 4.24. The van der Waals surface area contributed by atoms with Crippen LogP contribution in [0.3, 0.4) is 0 Å². The molecule has 0 aliphatic carbocycles. The van der Waals surface area contributed by atoms with E-state index >= 15 is 0 Å². The van der Waals surface area contributed by atoms with E-state index in [-0.39, 0.29) is 42.6 Å². The van der Waals surface area contributed by atoms with Crippen LogP contribution in [0, 0.1) is 5.41 Å². The molecule has 0 aromatic carbocycles. The third-order valence-electron chi connectivity index (χ3n) is 2.59. The quantitative estimate of drug-likeness (QED) is 0.392. The van der Waals surface area contributed by atoms with Gasteiger partial charge < -0.3 is 20.3 Å². The Bertz CT molecular complexity index is 385. The van der Waals surface area contributed by atoms with Gasteiger partial charge in [-0.25, -0.2) is 4.79 Å². The van der Waals surface area contributed by atoms with Crippen LogP contribution >= 0.6 is 0 Å². The number of ether oxygens (including phenoxy) is 1. The van der Waals surface area contributed by atoms with Crippen molar-refractivity contribution in [3.63, 3.8) is 0 Å². The first-order valence-electron chi connectivity index (χ1n) is 5.44. The van der Waals surface area contributed by atoms with Crippen molar-refractivity contribution in [1.29, 1.82) is 0 Å². The number of rotatable bonds is 8. The summed E-state index contributed by atoms with van der Waals surface area (Å²) in [6.07, 6.45) is 1.20. The molecule has 0 aromatic rings. The van der Waals surface area contributed by atoms with Crippen molar-refractivity contribution >= 4 is 47.3 Å². The van der Waals surface area contributed by atoms with Crippen LogP contribution in [0.5, 0.6) is 0 Å². The summed E-state index contributed by atoms with van der Waals surface area (Å²) in [5, 5.41) is 20.4. The van der Waals surface area contributed by atoms with Crippen LogP contribution in [-0.2, 0) is 14.3 Å². The Morgan fingerprint density at radius 3 is 2.58 bits per heavy atom. The van der Waals surface area contributed by atoms with Crippen LogP contribution in [0.15, 0.2) is 17.6 Å². The molecular weight excluding hydrogens is 263 g/mol. The third kappa shape index (κ3) is 5.32. The van der Waals surface area contributed by atoms with Crippen LogP contribution in [0.4, 0.5) is 0 Å². The van der Waals surface area contributed by atoms with Crippen molar-refractivity contribution in [1.82, 2.24) is 5.32 Å². The summed E-state index contributed by atoms with van der Waals surface area (Å²) in [6, 6.07) is 0. The summed E-state index contributed by atoms with van der Waals surface area (Å²) in [7, 11) is 0. The van der Waals surface area contributed by atoms with Gasteiger partial charge >= 0.3 is 41.5 Å². The molecule has 1 aliphatic rings. The Balaban J connectivity index is 0.00000324. The number of nitrogens with zero attached hydrogens (tertiary/aromatic N) is 1. The Morgan fingerprint density at radius 1 is 1.47 bits per heavy atom. The van der Waals surface area contributed by atoms with Crippen molar-refractivity contribution in [2.45, 2.75) is 6.42 Å². The summed E-state index contributed by atoms with van der Waals surface area (Å²) < 4.78 is 5.01. The second kappa shape index (κ2) is 8.31. The number of carboxylic acids is 2. The molecule has 102 valence electrons. The van der Waals surface area contributed by atoms with Crippen LogP contribution < -0.4 is 5.32 Å². The van der Waals surface area contributed by atoms with Gasteiger partial charge in [-0.3, -0.25) is 9.79 Å². The van der Waals surface area contributed by atoms with Crippen molar-refractivity contribution < 1.29 is 24.5 Å². The molecule has 1 rings (SSSR count). The van der Waals surface area contributed by atoms with E-state index in [0.717, 1.165) is 0 Å². The Hall–Kier alpha value is -0.890. The van der Waals surface area contributed by atoms with E-state index in [1.807, 2.05) is 0 Å². The number of carboxylic acid groups (broad SMARTS) is 2. The molecule has 3 N–H and O–H groups in total. The van der Waals surface area contributed by atoms with Gasteiger partial charge in [0.2, 0.25) is 0 Å². The van der Waals surface area contributed by atoms with Gasteiger partial charge in [-0.2, -0.15) is 0 Å². The van der Waals surface area contributed by atoms with Crippen molar-refractivity contribution in [2.75, 3.05) is 26.3 Å². The fourth-order valence-electron chi connectivity index (χ4n) is 1.75. The zero-order valence-corrected chi connectivity index (χ0v) is 9.89. The number of hydrogen-bond donors (Lipinski definition) is 3. The first-order chi connectivity index (χ1) is 8.50. The molecule has 0 amide bonds. The van der Waals surface area contributed by atoms with Gasteiger partial charge in [0.15, 0.2) is 0 Å². The van der Waals surface area contributed by atoms with Crippen molar-refractivity contribution in [3.05, 3.63) is 12.7 Å². The molecule has 1 atom stereocenters. The molecule has 1 heterocycles. The number of carbonyl (C=O) groups is 2. The number of amidine groups is 1. The molecule has 8 heteroatoms. The van der Waals surface area contributed by atoms with Gasteiger partial charge in [-0.15, -0.1) is 6.58 Å². The average molecular weight is 280 g/mol. The summed E-state index contributed by atoms with van der Waals surface area (Å²) >= 11 is 0. The van der Waals surface area contributed by atoms with Gasteiger partial charge in [0.05, 0.1) is 25.0 Å². The minimum absolute atomic E-state index is 0. The molecule has 0 saturated heterocycles. The topological polar surface area (TPSA) is 108 Å². The Labute approximate surface area is 133 Å². The number of aliphatic carboxylic acids is 2. The predicted molar refractivity (Wildman–Crippen MR) is 70.8 cm³/mol. The van der Waals surface area contributed by atoms with E-state index in [0.29, 0.717) is 18.9 Å². The standard InChI is InChI=1S/C11H16N2O5.Na.H/c1-2-11(5-8(14)15,7-18-6-9(16)17)10-12-3-4-13-10;;/h2H,1,3-7H2,(H,12,13)(H,14,15)(H,16,17);;. The zero-order valence-electron chi connectivity index (χ0n) is 9.89. The Morgan fingerprint density at radius 2 is 2.16 bits per heavy atom. The van der Waals surface area contributed by atoms with Crippen molar-refractivity contribution in [3.8, 4) is 0 Å². The number of hydrogen-bond acceptors (Lipinski definition) is 5. The van der Waals surface area contributed by atoms with E-state index < -0.39 is 24.0 Å². The molecule has 0 bridgehead atoms. The van der Waals surface area contributed by atoms with E-state index in [1.165, 1.54) is 6.08 Å². The molecule has 7 nitrogen and oxygen atoms in total. The van der Waals surface area contributed by atoms with Crippen LogP contribution in [0.2, 0.25) is 0 Å². The zero-order chi connectivity index (χ0) is 13.6. The van der Waals surface area contributed by atoms with Gasteiger partial charge in [-0.1, -0.05) is 6.08 Å². The van der Waals surface area contributed by atoms with E-state index in [4.69, 9.17) is 14.9 Å². The predicted octanol–water partition coefficient (Wildman–Crippen LogP) is -0.912. The Kier molecular flexibility index (Phi) is 7.93. The van der Waals surface area contributed by atoms with Gasteiger partial charge in [-0.05, 0) is 0 Å². The first-order valence-corrected chi connectivity index (χ1v) is 5.44. The normalized spacial score (nSPS) is 16.5. The maximum absolute atomic E-state index is 10.9. The SMILES string of the molecule is C=CC(COCC(=O)O)(CC(=O)O)C1=NCCN1.[NaH]. The molecular formula is C11H17N2NaO5. The second-order valence-electron chi connectivity index (χ2n) is 3.97. The summed E-state index contributed by atoms with van der Waals surface area (Å²) in [4.78, 5) is 25.5. The van der Waals surface area contributed by atoms with Crippen LogP contribution in [-0.4, -0.2) is 83.8 Å². The molecule has 0 radical (unpaired) electrons. The molecule has 1 unspecified atom stereocenters. The maximum atomic E-state index is 10.9. The second-order valence-corrected chi connectivity index (χ2v) is 3.97.